The number of hydrogen-bond donors (Lipinski definition) is 1. The smallest absolute Gasteiger partial charge is 0.329 e. The van der Waals surface area contributed by atoms with Crippen LogP contribution in [0, 0.1) is 0 Å². The van der Waals surface area contributed by atoms with Crippen LogP contribution in [-0.4, -0.2) is 61.9 Å². The van der Waals surface area contributed by atoms with Gasteiger partial charge in [0.1, 0.15) is 11.4 Å². The third kappa shape index (κ3) is 5.40. The van der Waals surface area contributed by atoms with Gasteiger partial charge in [0.25, 0.3) is 5.91 Å². The van der Waals surface area contributed by atoms with Crippen molar-refractivity contribution in [1.29, 1.82) is 0 Å². The van der Waals surface area contributed by atoms with E-state index in [-0.39, 0.29) is 30.2 Å². The van der Waals surface area contributed by atoms with E-state index in [1.807, 2.05) is 30.3 Å². The van der Waals surface area contributed by atoms with E-state index in [9.17, 15) is 9.59 Å². The standard InChI is InChI=1S/C21H28N4O4S/c1-2-29-21(28)18-15-30-20(16-10-6-5-7-11-16)25(18)19(27)17-14-24(23-22-17)12-8-3-4-9-13-26/h5-7,10-11,14,18,20,26H,2-4,8-9,12-13,15H2,1H3/t18-,20?/m0/s1. The second-order valence-electron chi connectivity index (χ2n) is 7.08. The number of aliphatic hydroxyl groups excluding tert-OH is 1. The summed E-state index contributed by atoms with van der Waals surface area (Å²) >= 11 is 1.55. The Morgan fingerprint density at radius 1 is 1.20 bits per heavy atom. The van der Waals surface area contributed by atoms with Crippen LogP contribution in [0.2, 0.25) is 0 Å². The molecule has 30 heavy (non-hydrogen) atoms. The van der Waals surface area contributed by atoms with Gasteiger partial charge in [-0.2, -0.15) is 0 Å². The molecule has 1 N–H and O–H groups in total. The Morgan fingerprint density at radius 2 is 1.97 bits per heavy atom. The number of rotatable bonds is 10. The number of aromatic nitrogens is 3. The minimum atomic E-state index is -0.656. The largest absolute Gasteiger partial charge is 0.464 e. The maximum Gasteiger partial charge on any atom is 0.329 e. The summed E-state index contributed by atoms with van der Waals surface area (Å²) in [6.07, 6.45) is 5.27. The molecule has 0 aliphatic carbocycles. The highest BCUT2D eigenvalue weighted by atomic mass is 32.2. The first kappa shape index (κ1) is 22.3. The van der Waals surface area contributed by atoms with E-state index < -0.39 is 12.0 Å². The second-order valence-corrected chi connectivity index (χ2v) is 8.19. The molecule has 3 rings (SSSR count). The maximum atomic E-state index is 13.3. The number of ether oxygens (including phenoxy) is 1. The van der Waals surface area contributed by atoms with Gasteiger partial charge < -0.3 is 14.7 Å². The van der Waals surface area contributed by atoms with Crippen molar-refractivity contribution in [3.05, 3.63) is 47.8 Å². The fourth-order valence-electron chi connectivity index (χ4n) is 3.43. The van der Waals surface area contributed by atoms with Crippen LogP contribution in [0.4, 0.5) is 0 Å². The summed E-state index contributed by atoms with van der Waals surface area (Å²) in [5.74, 6) is -0.241. The fourth-order valence-corrected chi connectivity index (χ4v) is 4.84. The molecule has 1 aromatic carbocycles. The highest BCUT2D eigenvalue weighted by Crippen LogP contribution is 2.42. The van der Waals surface area contributed by atoms with Crippen molar-refractivity contribution in [2.24, 2.45) is 0 Å². The molecule has 9 heteroatoms. The van der Waals surface area contributed by atoms with Gasteiger partial charge in [-0.25, -0.2) is 4.79 Å². The lowest BCUT2D eigenvalue weighted by Gasteiger charge is -2.27. The number of benzene rings is 1. The van der Waals surface area contributed by atoms with Crippen LogP contribution in [-0.2, 0) is 16.1 Å². The summed E-state index contributed by atoms with van der Waals surface area (Å²) in [4.78, 5) is 27.4. The lowest BCUT2D eigenvalue weighted by molar-refractivity contribution is -0.147. The van der Waals surface area contributed by atoms with E-state index in [1.165, 1.54) is 0 Å². The molecule has 1 aromatic heterocycles. The van der Waals surface area contributed by atoms with E-state index in [0.29, 0.717) is 12.3 Å². The van der Waals surface area contributed by atoms with Crippen LogP contribution in [0.25, 0.3) is 0 Å². The number of thioether (sulfide) groups is 1. The van der Waals surface area contributed by atoms with Gasteiger partial charge in [0.05, 0.1) is 12.8 Å². The number of esters is 1. The van der Waals surface area contributed by atoms with E-state index >= 15 is 0 Å². The zero-order chi connectivity index (χ0) is 21.3. The number of unbranched alkanes of at least 4 members (excludes halogenated alkanes) is 3. The Morgan fingerprint density at radius 3 is 2.70 bits per heavy atom. The van der Waals surface area contributed by atoms with Gasteiger partial charge in [0.2, 0.25) is 0 Å². The third-order valence-corrected chi connectivity index (χ3v) is 6.25. The van der Waals surface area contributed by atoms with Crippen LogP contribution >= 0.6 is 11.8 Å². The molecule has 0 saturated carbocycles. The number of amides is 1. The Hall–Kier alpha value is -2.39. The molecule has 1 saturated heterocycles. The number of carbonyl (C=O) groups is 2. The minimum Gasteiger partial charge on any atom is -0.464 e. The molecule has 1 aliphatic heterocycles. The lowest BCUT2D eigenvalue weighted by Crippen LogP contribution is -2.44. The normalized spacial score (nSPS) is 18.5. The molecule has 1 aliphatic rings. The molecular weight excluding hydrogens is 404 g/mol. The zero-order valence-electron chi connectivity index (χ0n) is 17.1. The molecule has 0 bridgehead atoms. The molecule has 8 nitrogen and oxygen atoms in total. The number of nitrogens with zero attached hydrogens (tertiary/aromatic N) is 4. The molecule has 1 fully saturated rings. The molecule has 2 heterocycles. The van der Waals surface area contributed by atoms with Crippen molar-refractivity contribution in [3.8, 4) is 0 Å². The van der Waals surface area contributed by atoms with Gasteiger partial charge in [-0.3, -0.25) is 9.48 Å². The number of aliphatic hydroxyl groups is 1. The molecule has 1 unspecified atom stereocenters. The third-order valence-electron chi connectivity index (χ3n) is 4.93. The van der Waals surface area contributed by atoms with Crippen LogP contribution < -0.4 is 0 Å². The van der Waals surface area contributed by atoms with Gasteiger partial charge in [-0.1, -0.05) is 48.4 Å². The quantitative estimate of drug-likeness (QED) is 0.455. The van der Waals surface area contributed by atoms with Crippen LogP contribution in [0.5, 0.6) is 0 Å². The van der Waals surface area contributed by atoms with E-state index in [2.05, 4.69) is 10.3 Å². The van der Waals surface area contributed by atoms with Gasteiger partial charge in [0, 0.05) is 18.9 Å². The van der Waals surface area contributed by atoms with Gasteiger partial charge in [-0.05, 0) is 25.3 Å². The SMILES string of the molecule is CCOC(=O)[C@@H]1CSC(c2ccccc2)N1C(=O)c1cn(CCCCCCO)nn1. The summed E-state index contributed by atoms with van der Waals surface area (Å²) in [6.45, 7) is 2.89. The Kier molecular flexibility index (Phi) is 8.27. The van der Waals surface area contributed by atoms with Gasteiger partial charge >= 0.3 is 5.97 Å². The predicted octanol–water partition coefficient (Wildman–Crippen LogP) is 2.65. The molecule has 0 spiro atoms. The average Bonchev–Trinajstić information content (AvgIpc) is 3.41. The molecule has 2 atom stereocenters. The predicted molar refractivity (Wildman–Crippen MR) is 114 cm³/mol. The summed E-state index contributed by atoms with van der Waals surface area (Å²) in [7, 11) is 0. The molecule has 0 radical (unpaired) electrons. The lowest BCUT2D eigenvalue weighted by atomic mass is 10.1. The van der Waals surface area contributed by atoms with Crippen molar-refractivity contribution >= 4 is 23.6 Å². The first-order valence-corrected chi connectivity index (χ1v) is 11.4. The first-order valence-electron chi connectivity index (χ1n) is 10.3. The van der Waals surface area contributed by atoms with Crippen LogP contribution in [0.15, 0.2) is 36.5 Å². The maximum absolute atomic E-state index is 13.3. The van der Waals surface area contributed by atoms with Gasteiger partial charge in [-0.15, -0.1) is 16.9 Å². The topological polar surface area (TPSA) is 97.5 Å². The van der Waals surface area contributed by atoms with Crippen molar-refractivity contribution in [3.63, 3.8) is 0 Å². The second kappa shape index (κ2) is 11.1. The van der Waals surface area contributed by atoms with Gasteiger partial charge in [0.15, 0.2) is 5.69 Å². The van der Waals surface area contributed by atoms with Crippen LogP contribution in [0.1, 0.15) is 54.0 Å². The minimum absolute atomic E-state index is 0.208. The summed E-state index contributed by atoms with van der Waals surface area (Å²) in [5.41, 5.74) is 1.18. The molecule has 162 valence electrons. The van der Waals surface area contributed by atoms with Crippen molar-refractivity contribution in [2.75, 3.05) is 19.0 Å². The molecular formula is C21H28N4O4S. The Labute approximate surface area is 180 Å². The molecule has 2 aromatic rings. The van der Waals surface area contributed by atoms with Crippen molar-refractivity contribution in [2.45, 2.75) is 50.6 Å². The molecule has 1 amide bonds. The van der Waals surface area contributed by atoms with E-state index in [1.54, 1.807) is 34.5 Å². The Balaban J connectivity index is 1.75. The first-order chi connectivity index (χ1) is 14.7. The van der Waals surface area contributed by atoms with E-state index in [0.717, 1.165) is 31.2 Å². The number of aryl methyl sites for hydroxylation is 1. The fraction of sp³-hybridized carbons (Fsp3) is 0.524. The summed E-state index contributed by atoms with van der Waals surface area (Å²) in [5, 5.41) is 16.7. The van der Waals surface area contributed by atoms with Crippen molar-refractivity contribution in [1.82, 2.24) is 19.9 Å². The van der Waals surface area contributed by atoms with Crippen LogP contribution in [0.3, 0.4) is 0 Å². The van der Waals surface area contributed by atoms with Crippen molar-refractivity contribution < 1.29 is 19.4 Å². The summed E-state index contributed by atoms with van der Waals surface area (Å²) < 4.78 is 6.87. The highest BCUT2D eigenvalue weighted by Gasteiger charge is 2.44. The zero-order valence-corrected chi connectivity index (χ0v) is 18.0. The highest BCUT2D eigenvalue weighted by molar-refractivity contribution is 7.99. The van der Waals surface area contributed by atoms with E-state index in [4.69, 9.17) is 9.84 Å². The average molecular weight is 433 g/mol. The summed E-state index contributed by atoms with van der Waals surface area (Å²) in [6, 6.07) is 9.01. The Bertz CT molecular complexity index is 829. The number of hydrogen-bond acceptors (Lipinski definition) is 7. The monoisotopic (exact) mass is 432 g/mol. The number of carbonyl (C=O) groups excluding carboxylic acids is 2.